The van der Waals surface area contributed by atoms with Crippen LogP contribution in [0.5, 0.6) is 0 Å². The minimum atomic E-state index is 0.717. The van der Waals surface area contributed by atoms with Crippen LogP contribution in [0.2, 0.25) is 5.02 Å². The van der Waals surface area contributed by atoms with Gasteiger partial charge >= 0.3 is 0 Å². The molecule has 2 aliphatic rings. The SMILES string of the molecule is Cc1ccc(C2CCCC2CNC2CC2)cc1Cl. The third kappa shape index (κ3) is 2.73. The van der Waals surface area contributed by atoms with E-state index < -0.39 is 0 Å². The number of halogens is 1. The number of benzene rings is 1. The summed E-state index contributed by atoms with van der Waals surface area (Å²) in [6.07, 6.45) is 6.83. The van der Waals surface area contributed by atoms with E-state index >= 15 is 0 Å². The largest absolute Gasteiger partial charge is 0.314 e. The highest BCUT2D eigenvalue weighted by Crippen LogP contribution is 2.40. The second-order valence-electron chi connectivity index (χ2n) is 5.99. The van der Waals surface area contributed by atoms with E-state index in [1.54, 1.807) is 0 Å². The molecular weight excluding hydrogens is 242 g/mol. The molecular formula is C16H22ClN. The lowest BCUT2D eigenvalue weighted by Crippen LogP contribution is -2.26. The second kappa shape index (κ2) is 5.22. The average Bonchev–Trinajstić information content (AvgIpc) is 3.08. The first-order valence-corrected chi connectivity index (χ1v) is 7.61. The van der Waals surface area contributed by atoms with Crippen molar-refractivity contribution < 1.29 is 0 Å². The van der Waals surface area contributed by atoms with Gasteiger partial charge in [0, 0.05) is 11.1 Å². The summed E-state index contributed by atoms with van der Waals surface area (Å²) in [5.74, 6) is 1.53. The van der Waals surface area contributed by atoms with Crippen molar-refractivity contribution in [3.8, 4) is 0 Å². The van der Waals surface area contributed by atoms with Gasteiger partial charge in [0.15, 0.2) is 0 Å². The van der Waals surface area contributed by atoms with Crippen molar-refractivity contribution in [3.05, 3.63) is 34.3 Å². The molecule has 0 spiro atoms. The zero-order chi connectivity index (χ0) is 12.5. The predicted molar refractivity (Wildman–Crippen MR) is 77.3 cm³/mol. The number of nitrogens with one attached hydrogen (secondary N) is 1. The Morgan fingerprint density at radius 3 is 2.78 bits per heavy atom. The van der Waals surface area contributed by atoms with Crippen LogP contribution in [0.4, 0.5) is 0 Å². The van der Waals surface area contributed by atoms with E-state index in [1.807, 2.05) is 0 Å². The highest BCUT2D eigenvalue weighted by molar-refractivity contribution is 6.31. The number of rotatable bonds is 4. The molecule has 2 atom stereocenters. The van der Waals surface area contributed by atoms with E-state index in [0.29, 0.717) is 5.92 Å². The van der Waals surface area contributed by atoms with Crippen LogP contribution in [-0.2, 0) is 0 Å². The zero-order valence-corrected chi connectivity index (χ0v) is 11.8. The van der Waals surface area contributed by atoms with Gasteiger partial charge in [0.2, 0.25) is 0 Å². The van der Waals surface area contributed by atoms with Crippen LogP contribution in [0.3, 0.4) is 0 Å². The van der Waals surface area contributed by atoms with Gasteiger partial charge in [0.05, 0.1) is 0 Å². The molecule has 0 heterocycles. The molecule has 3 rings (SSSR count). The standard InChI is InChI=1S/C16H22ClN/c1-11-5-6-12(9-16(11)17)15-4-2-3-13(15)10-18-14-7-8-14/h5-6,9,13-15,18H,2-4,7-8,10H2,1H3. The minimum Gasteiger partial charge on any atom is -0.314 e. The molecule has 0 radical (unpaired) electrons. The van der Waals surface area contributed by atoms with Crippen LogP contribution in [0.25, 0.3) is 0 Å². The molecule has 1 N–H and O–H groups in total. The summed E-state index contributed by atoms with van der Waals surface area (Å²) in [4.78, 5) is 0. The van der Waals surface area contributed by atoms with E-state index in [2.05, 4.69) is 30.4 Å². The molecule has 2 unspecified atom stereocenters. The van der Waals surface area contributed by atoms with Gasteiger partial charge in [-0.1, -0.05) is 30.2 Å². The smallest absolute Gasteiger partial charge is 0.0438 e. The molecule has 98 valence electrons. The number of hydrogen-bond donors (Lipinski definition) is 1. The van der Waals surface area contributed by atoms with Crippen molar-refractivity contribution in [2.45, 2.75) is 51.0 Å². The normalized spacial score (nSPS) is 27.7. The first kappa shape index (κ1) is 12.5. The predicted octanol–water partition coefficient (Wildman–Crippen LogP) is 4.28. The maximum Gasteiger partial charge on any atom is 0.0438 e. The summed E-state index contributed by atoms with van der Waals surface area (Å²) in [5, 5.41) is 4.62. The molecule has 0 saturated heterocycles. The van der Waals surface area contributed by atoms with E-state index in [1.165, 1.54) is 49.8 Å². The van der Waals surface area contributed by atoms with Crippen LogP contribution in [0.15, 0.2) is 18.2 Å². The fourth-order valence-corrected chi connectivity index (χ4v) is 3.35. The highest BCUT2D eigenvalue weighted by Gasteiger charge is 2.30. The van der Waals surface area contributed by atoms with Crippen molar-refractivity contribution in [1.82, 2.24) is 5.32 Å². The van der Waals surface area contributed by atoms with Crippen molar-refractivity contribution in [2.24, 2.45) is 5.92 Å². The summed E-state index contributed by atoms with van der Waals surface area (Å²) in [6, 6.07) is 7.47. The maximum absolute atomic E-state index is 6.26. The van der Waals surface area contributed by atoms with Crippen LogP contribution in [0, 0.1) is 12.8 Å². The number of aryl methyl sites for hydroxylation is 1. The molecule has 18 heavy (non-hydrogen) atoms. The lowest BCUT2D eigenvalue weighted by atomic mass is 9.88. The number of hydrogen-bond acceptors (Lipinski definition) is 1. The topological polar surface area (TPSA) is 12.0 Å². The summed E-state index contributed by atoms with van der Waals surface area (Å²) in [5.41, 5.74) is 2.64. The molecule has 1 nitrogen and oxygen atoms in total. The van der Waals surface area contributed by atoms with Crippen molar-refractivity contribution in [3.63, 3.8) is 0 Å². The Balaban J connectivity index is 1.70. The Labute approximate surface area is 115 Å². The monoisotopic (exact) mass is 263 g/mol. The molecule has 0 aromatic heterocycles. The summed E-state index contributed by atoms with van der Waals surface area (Å²) in [6.45, 7) is 3.27. The zero-order valence-electron chi connectivity index (χ0n) is 11.1. The van der Waals surface area contributed by atoms with Crippen molar-refractivity contribution in [2.75, 3.05) is 6.54 Å². The van der Waals surface area contributed by atoms with Gasteiger partial charge in [-0.05, 0) is 68.2 Å². The quantitative estimate of drug-likeness (QED) is 0.855. The van der Waals surface area contributed by atoms with Gasteiger partial charge in [-0.3, -0.25) is 0 Å². The van der Waals surface area contributed by atoms with Gasteiger partial charge in [-0.25, -0.2) is 0 Å². The van der Waals surface area contributed by atoms with Crippen LogP contribution < -0.4 is 5.32 Å². The minimum absolute atomic E-state index is 0.717. The fraction of sp³-hybridized carbons (Fsp3) is 0.625. The van der Waals surface area contributed by atoms with Crippen LogP contribution in [0.1, 0.15) is 49.1 Å². The van der Waals surface area contributed by atoms with E-state index in [9.17, 15) is 0 Å². The molecule has 2 heteroatoms. The third-order valence-corrected chi connectivity index (χ3v) is 4.94. The van der Waals surface area contributed by atoms with E-state index in [-0.39, 0.29) is 0 Å². The molecule has 1 aromatic carbocycles. The summed E-state index contributed by atoms with van der Waals surface area (Å²) in [7, 11) is 0. The lowest BCUT2D eigenvalue weighted by Gasteiger charge is -2.21. The molecule has 2 saturated carbocycles. The molecule has 1 aromatic rings. The Morgan fingerprint density at radius 1 is 1.22 bits per heavy atom. The molecule has 2 fully saturated rings. The Morgan fingerprint density at radius 2 is 2.06 bits per heavy atom. The fourth-order valence-electron chi connectivity index (χ4n) is 3.17. The first-order valence-electron chi connectivity index (χ1n) is 7.23. The Bertz CT molecular complexity index is 425. The van der Waals surface area contributed by atoms with E-state index in [4.69, 9.17) is 11.6 Å². The summed E-state index contributed by atoms with van der Waals surface area (Å²) < 4.78 is 0. The first-order chi connectivity index (χ1) is 8.74. The molecule has 2 aliphatic carbocycles. The van der Waals surface area contributed by atoms with E-state index in [0.717, 1.165) is 17.0 Å². The Kier molecular flexibility index (Phi) is 3.63. The van der Waals surface area contributed by atoms with Crippen LogP contribution in [-0.4, -0.2) is 12.6 Å². The van der Waals surface area contributed by atoms with Gasteiger partial charge in [0.25, 0.3) is 0 Å². The molecule has 0 bridgehead atoms. The highest BCUT2D eigenvalue weighted by atomic mass is 35.5. The molecule has 0 aliphatic heterocycles. The summed E-state index contributed by atoms with van der Waals surface area (Å²) >= 11 is 6.26. The maximum atomic E-state index is 6.26. The van der Waals surface area contributed by atoms with Gasteiger partial charge in [-0.2, -0.15) is 0 Å². The Hall–Kier alpha value is -0.530. The van der Waals surface area contributed by atoms with Crippen LogP contribution >= 0.6 is 11.6 Å². The van der Waals surface area contributed by atoms with Gasteiger partial charge in [-0.15, -0.1) is 0 Å². The lowest BCUT2D eigenvalue weighted by molar-refractivity contribution is 0.443. The average molecular weight is 264 g/mol. The molecule has 0 amide bonds. The van der Waals surface area contributed by atoms with Gasteiger partial charge < -0.3 is 5.32 Å². The van der Waals surface area contributed by atoms with Crippen molar-refractivity contribution in [1.29, 1.82) is 0 Å². The third-order valence-electron chi connectivity index (χ3n) is 4.53. The van der Waals surface area contributed by atoms with Crippen molar-refractivity contribution >= 4 is 11.6 Å². The van der Waals surface area contributed by atoms with Gasteiger partial charge in [0.1, 0.15) is 0 Å². The second-order valence-corrected chi connectivity index (χ2v) is 6.40.